The number of hydrazone groups is 1. The highest BCUT2D eigenvalue weighted by Gasteiger charge is 2.21. The van der Waals surface area contributed by atoms with Gasteiger partial charge < -0.3 is 0 Å². The van der Waals surface area contributed by atoms with Crippen molar-refractivity contribution in [2.24, 2.45) is 5.10 Å². The molecule has 2 aromatic carbocycles. The molecule has 1 heterocycles. The summed E-state index contributed by atoms with van der Waals surface area (Å²) in [5, 5.41) is 9.82. The molecule has 0 spiro atoms. The molecule has 3 nitrogen and oxygen atoms in total. The van der Waals surface area contributed by atoms with Gasteiger partial charge in [0.2, 0.25) is 0 Å². The van der Waals surface area contributed by atoms with E-state index in [0.29, 0.717) is 0 Å². The van der Waals surface area contributed by atoms with Gasteiger partial charge in [0.05, 0.1) is 6.21 Å². The third-order valence-electron chi connectivity index (χ3n) is 3.34. The van der Waals surface area contributed by atoms with Crippen LogP contribution in [0.15, 0.2) is 90.3 Å². The molecule has 23 heavy (non-hydrogen) atoms. The van der Waals surface area contributed by atoms with Gasteiger partial charge in [0.15, 0.2) is 0 Å². The molecule has 0 radical (unpaired) electrons. The Balaban J connectivity index is 1.94. The fourth-order valence-electron chi connectivity index (χ4n) is 2.18. The first-order chi connectivity index (χ1) is 11.3. The second-order valence-electron chi connectivity index (χ2n) is 4.92. The number of hydrogen-bond donors (Lipinski definition) is 1. The summed E-state index contributed by atoms with van der Waals surface area (Å²) in [6.07, 6.45) is 3.06. The van der Waals surface area contributed by atoms with E-state index < -0.39 is 6.19 Å². The molecule has 0 aliphatic rings. The molecule has 114 valence electrons. The zero-order valence-electron chi connectivity index (χ0n) is 12.4. The van der Waals surface area contributed by atoms with Crippen molar-refractivity contribution < 1.29 is 0 Å². The van der Waals surface area contributed by atoms with Crippen LogP contribution in [-0.4, -0.2) is 11.2 Å². The Hall–Kier alpha value is -2.29. The van der Waals surface area contributed by atoms with Crippen molar-refractivity contribution in [2.75, 3.05) is 0 Å². The maximum Gasteiger partial charge on any atom is 0.106 e. The van der Waals surface area contributed by atoms with E-state index in [1.807, 2.05) is 48.5 Å². The molecule has 3 aromatic rings. The minimum Gasteiger partial charge on any atom is -0.272 e. The van der Waals surface area contributed by atoms with Crippen molar-refractivity contribution in [3.8, 4) is 0 Å². The summed E-state index contributed by atoms with van der Waals surface area (Å²) >= 11 is 6.02. The van der Waals surface area contributed by atoms with Crippen molar-refractivity contribution in [2.45, 2.75) is 0 Å². The van der Waals surface area contributed by atoms with Gasteiger partial charge in [-0.3, -0.25) is 10.2 Å². The molecule has 0 aliphatic heterocycles. The summed E-state index contributed by atoms with van der Waals surface area (Å²) in [6, 6.07) is 24.1. The van der Waals surface area contributed by atoms with E-state index in [2.05, 4.69) is 39.5 Å². The van der Waals surface area contributed by atoms with E-state index in [0.717, 1.165) is 16.2 Å². The van der Waals surface area contributed by atoms with Gasteiger partial charge in [-0.15, -0.1) is 0 Å². The van der Waals surface area contributed by atoms with E-state index in [-0.39, 0.29) is 0 Å². The van der Waals surface area contributed by atoms with Gasteiger partial charge in [-0.2, -0.15) is 5.10 Å². The fraction of sp³-hybridized carbons (Fsp3) is 0. The normalized spacial score (nSPS) is 11.5. The van der Waals surface area contributed by atoms with Crippen LogP contribution in [-0.2, 0) is 11.8 Å². The third-order valence-corrected chi connectivity index (χ3v) is 7.29. The predicted molar refractivity (Wildman–Crippen MR) is 101 cm³/mol. The molecule has 0 bridgehead atoms. The Morgan fingerprint density at radius 2 is 1.48 bits per heavy atom. The lowest BCUT2D eigenvalue weighted by Gasteiger charge is -2.22. The minimum absolute atomic E-state index is 0.933. The Labute approximate surface area is 141 Å². The van der Waals surface area contributed by atoms with Crippen molar-refractivity contribution >= 4 is 34.8 Å². The smallest absolute Gasteiger partial charge is 0.106 e. The van der Waals surface area contributed by atoms with E-state index >= 15 is 0 Å². The monoisotopic (exact) mass is 337 g/mol. The van der Waals surface area contributed by atoms with Gasteiger partial charge in [-0.1, -0.05) is 78.5 Å². The largest absolute Gasteiger partial charge is 0.272 e. The van der Waals surface area contributed by atoms with Crippen LogP contribution < -0.4 is 15.8 Å². The van der Waals surface area contributed by atoms with Gasteiger partial charge in [0, 0.05) is 28.6 Å². The van der Waals surface area contributed by atoms with E-state index in [1.54, 1.807) is 18.6 Å². The first-order valence-electron chi connectivity index (χ1n) is 7.21. The number of aromatic nitrogens is 1. The summed E-state index contributed by atoms with van der Waals surface area (Å²) in [4.78, 5) is 4.08. The van der Waals surface area contributed by atoms with Crippen molar-refractivity contribution in [3.63, 3.8) is 0 Å². The topological polar surface area (TPSA) is 37.3 Å². The highest BCUT2D eigenvalue weighted by molar-refractivity contribution is 8.20. The average molecular weight is 337 g/mol. The number of pyridine rings is 1. The summed E-state index contributed by atoms with van der Waals surface area (Å²) in [7, 11) is 0. The summed E-state index contributed by atoms with van der Waals surface area (Å²) in [6.45, 7) is 0. The molecule has 1 aromatic heterocycles. The van der Waals surface area contributed by atoms with E-state index in [1.165, 1.54) is 0 Å². The molecule has 3 rings (SSSR count). The van der Waals surface area contributed by atoms with Gasteiger partial charge >= 0.3 is 0 Å². The molecular weight excluding hydrogens is 321 g/mol. The lowest BCUT2D eigenvalue weighted by Crippen LogP contribution is -2.24. The second kappa shape index (κ2) is 7.32. The second-order valence-corrected chi connectivity index (χ2v) is 9.02. The van der Waals surface area contributed by atoms with Crippen molar-refractivity contribution in [1.82, 2.24) is 10.2 Å². The Morgan fingerprint density at radius 1 is 0.870 bits per heavy atom. The lowest BCUT2D eigenvalue weighted by atomic mass is 10.3. The van der Waals surface area contributed by atoms with Crippen LogP contribution in [0.3, 0.4) is 0 Å². The molecule has 0 aliphatic carbocycles. The molecule has 0 unspecified atom stereocenters. The highest BCUT2D eigenvalue weighted by atomic mass is 32.4. The molecule has 0 fully saturated rings. The Morgan fingerprint density at radius 3 is 2.00 bits per heavy atom. The summed E-state index contributed by atoms with van der Waals surface area (Å²) in [5.74, 6) is 0. The first-order valence-corrected chi connectivity index (χ1v) is 10.0. The van der Waals surface area contributed by atoms with Gasteiger partial charge in [-0.05, 0) is 6.07 Å². The maximum absolute atomic E-state index is 6.02. The van der Waals surface area contributed by atoms with Crippen molar-refractivity contribution in [1.29, 1.82) is 0 Å². The van der Waals surface area contributed by atoms with Crippen LogP contribution >= 0.6 is 6.19 Å². The number of nitrogens with one attached hydrogen (secondary N) is 1. The quantitative estimate of drug-likeness (QED) is 0.442. The van der Waals surface area contributed by atoms with Crippen LogP contribution in [0.5, 0.6) is 0 Å². The molecular formula is C18H16N3PS. The van der Waals surface area contributed by atoms with E-state index in [4.69, 9.17) is 11.8 Å². The van der Waals surface area contributed by atoms with Crippen LogP contribution in [0.2, 0.25) is 0 Å². The number of nitrogens with zero attached hydrogens (tertiary/aromatic N) is 2. The van der Waals surface area contributed by atoms with Gasteiger partial charge in [0.1, 0.15) is 6.19 Å². The fourth-order valence-corrected chi connectivity index (χ4v) is 4.98. The lowest BCUT2D eigenvalue weighted by molar-refractivity contribution is 1.11. The van der Waals surface area contributed by atoms with Gasteiger partial charge in [-0.25, -0.2) is 0 Å². The number of benzene rings is 2. The zero-order chi connectivity index (χ0) is 16.0. The Kier molecular flexibility index (Phi) is 4.96. The molecule has 5 heteroatoms. The van der Waals surface area contributed by atoms with Crippen molar-refractivity contribution in [3.05, 3.63) is 90.8 Å². The molecule has 0 saturated carbocycles. The predicted octanol–water partition coefficient (Wildman–Crippen LogP) is 3.05. The Bertz CT molecular complexity index is 777. The van der Waals surface area contributed by atoms with Crippen LogP contribution in [0.4, 0.5) is 0 Å². The molecule has 0 amide bonds. The minimum atomic E-state index is -2.20. The summed E-state index contributed by atoms with van der Waals surface area (Å²) < 4.78 is 0. The molecule has 1 N–H and O–H groups in total. The standard InChI is InChI=1S/C18H16N3PS/c23-22(17-9-3-1-4-10-17,18-11-5-2-6-12-18)21-20-15-16-8-7-13-19-14-16/h1-15H,(H,21,23)/b20-15+. The molecule has 0 atom stereocenters. The van der Waals surface area contributed by atoms with Crippen LogP contribution in [0, 0.1) is 0 Å². The van der Waals surface area contributed by atoms with Crippen LogP contribution in [0.25, 0.3) is 0 Å². The maximum atomic E-state index is 6.02. The summed E-state index contributed by atoms with van der Waals surface area (Å²) in [5.41, 5.74) is 0.933. The third kappa shape index (κ3) is 3.73. The van der Waals surface area contributed by atoms with E-state index in [9.17, 15) is 0 Å². The first kappa shape index (κ1) is 15.6. The average Bonchev–Trinajstić information content (AvgIpc) is 2.64. The number of rotatable bonds is 5. The van der Waals surface area contributed by atoms with Crippen LogP contribution in [0.1, 0.15) is 5.56 Å². The molecule has 0 saturated heterocycles. The highest BCUT2D eigenvalue weighted by Crippen LogP contribution is 2.38. The zero-order valence-corrected chi connectivity index (χ0v) is 14.1. The number of hydrogen-bond acceptors (Lipinski definition) is 3. The SMILES string of the molecule is S=P(N/N=C/c1cccnc1)(c1ccccc1)c1ccccc1. The van der Waals surface area contributed by atoms with Gasteiger partial charge in [0.25, 0.3) is 0 Å².